The number of hydrogen-bond acceptors (Lipinski definition) is 6. The van der Waals surface area contributed by atoms with Crippen LogP contribution in [0.25, 0.3) is 0 Å². The number of hydrogen-bond donors (Lipinski definition) is 4. The van der Waals surface area contributed by atoms with Crippen molar-refractivity contribution in [1.29, 1.82) is 0 Å². The van der Waals surface area contributed by atoms with Gasteiger partial charge < -0.3 is 30.7 Å². The van der Waals surface area contributed by atoms with Gasteiger partial charge in [-0.15, -0.1) is 0 Å². The molecule has 2 aromatic heterocycles. The van der Waals surface area contributed by atoms with Crippen molar-refractivity contribution < 1.29 is 37.8 Å². The molecule has 242 valence electrons. The van der Waals surface area contributed by atoms with Gasteiger partial charge in [0.1, 0.15) is 37.0 Å². The summed E-state index contributed by atoms with van der Waals surface area (Å²) < 4.78 is 14.5. The van der Waals surface area contributed by atoms with E-state index in [9.17, 15) is 19.2 Å². The predicted octanol–water partition coefficient (Wildman–Crippen LogP) is 4.36. The van der Waals surface area contributed by atoms with Crippen molar-refractivity contribution in [1.82, 2.24) is 0 Å². The van der Waals surface area contributed by atoms with Crippen LogP contribution in [0.15, 0.2) is 110 Å². The first kappa shape index (κ1) is 32.8. The molecule has 12 nitrogen and oxygen atoms in total. The van der Waals surface area contributed by atoms with Gasteiger partial charge in [0.2, 0.25) is 0 Å². The quantitative estimate of drug-likeness (QED) is 0.166. The standard InChI is InChI=1S/C36H32N6O6/c1-41-17-5-7-27(21-41)39-35(45)29-15-13-25(19-31(29)47-3)37-33(43)23-9-11-24(12-10-23)34(44)38-26-14-16-30(32(20-26)48-4)36(46)40-28-8-6-18-42(2)22-28/h5-22H,1-4H3,(H2-2,37,38,39,40,43,44,45,46)/p+2. The molecule has 0 bridgehead atoms. The number of benzene rings is 3. The van der Waals surface area contributed by atoms with E-state index in [0.29, 0.717) is 45.0 Å². The average molecular weight is 647 g/mol. The van der Waals surface area contributed by atoms with Crippen LogP contribution < -0.4 is 39.9 Å². The van der Waals surface area contributed by atoms with Crippen molar-refractivity contribution in [2.45, 2.75) is 0 Å². The van der Waals surface area contributed by atoms with Crippen molar-refractivity contribution in [3.8, 4) is 11.5 Å². The van der Waals surface area contributed by atoms with Gasteiger partial charge in [0.15, 0.2) is 24.8 Å². The lowest BCUT2D eigenvalue weighted by molar-refractivity contribution is -0.670. The van der Waals surface area contributed by atoms with Gasteiger partial charge in [-0.2, -0.15) is 0 Å². The minimum Gasteiger partial charge on any atom is -0.496 e. The molecule has 5 rings (SSSR count). The Morgan fingerprint density at radius 1 is 0.500 bits per heavy atom. The summed E-state index contributed by atoms with van der Waals surface area (Å²) in [6.07, 6.45) is 7.25. The molecular formula is C36H34N6O6+2. The van der Waals surface area contributed by atoms with Gasteiger partial charge in [-0.3, -0.25) is 19.2 Å². The first-order valence-electron chi connectivity index (χ1n) is 14.8. The van der Waals surface area contributed by atoms with Crippen molar-refractivity contribution in [3.63, 3.8) is 0 Å². The van der Waals surface area contributed by atoms with Gasteiger partial charge >= 0.3 is 0 Å². The van der Waals surface area contributed by atoms with Gasteiger partial charge in [0.25, 0.3) is 23.6 Å². The molecule has 3 aromatic carbocycles. The Morgan fingerprint density at radius 3 is 1.23 bits per heavy atom. The lowest BCUT2D eigenvalue weighted by Gasteiger charge is -2.12. The van der Waals surface area contributed by atoms with Crippen LogP contribution in [0, 0.1) is 0 Å². The number of methoxy groups -OCH3 is 2. The first-order chi connectivity index (χ1) is 23.1. The summed E-state index contributed by atoms with van der Waals surface area (Å²) in [6, 6.07) is 22.8. The molecule has 0 spiro atoms. The zero-order valence-electron chi connectivity index (χ0n) is 26.7. The second-order valence-electron chi connectivity index (χ2n) is 10.7. The van der Waals surface area contributed by atoms with Crippen LogP contribution >= 0.6 is 0 Å². The van der Waals surface area contributed by atoms with Crippen molar-refractivity contribution in [2.75, 3.05) is 35.5 Å². The number of pyridine rings is 2. The first-order valence-corrected chi connectivity index (χ1v) is 14.8. The molecule has 2 heterocycles. The van der Waals surface area contributed by atoms with Gasteiger partial charge in [-0.1, -0.05) is 0 Å². The maximum atomic E-state index is 13.0. The van der Waals surface area contributed by atoms with E-state index in [0.717, 1.165) is 0 Å². The Hall–Kier alpha value is -6.56. The molecule has 0 saturated carbocycles. The van der Waals surface area contributed by atoms with E-state index in [2.05, 4.69) is 21.3 Å². The maximum Gasteiger partial charge on any atom is 0.259 e. The summed E-state index contributed by atoms with van der Waals surface area (Å²) >= 11 is 0. The Balaban J connectivity index is 1.21. The fraction of sp³-hybridized carbons (Fsp3) is 0.111. The smallest absolute Gasteiger partial charge is 0.259 e. The highest BCUT2D eigenvalue weighted by Gasteiger charge is 2.18. The van der Waals surface area contributed by atoms with Gasteiger partial charge in [-0.05, 0) is 60.7 Å². The number of ether oxygens (including phenoxy) is 2. The van der Waals surface area contributed by atoms with E-state index in [1.54, 1.807) is 60.9 Å². The molecule has 0 aliphatic heterocycles. The normalized spacial score (nSPS) is 10.4. The summed E-state index contributed by atoms with van der Waals surface area (Å²) in [7, 11) is 6.59. The minimum absolute atomic E-state index is 0.285. The van der Waals surface area contributed by atoms with Crippen molar-refractivity contribution >= 4 is 46.4 Å². The summed E-state index contributed by atoms with van der Waals surface area (Å²) in [5.74, 6) is -0.979. The highest BCUT2D eigenvalue weighted by Crippen LogP contribution is 2.26. The van der Waals surface area contributed by atoms with E-state index in [1.165, 1.54) is 38.5 Å². The summed E-state index contributed by atoms with van der Waals surface area (Å²) in [5, 5.41) is 11.2. The molecule has 0 atom stereocenters. The van der Waals surface area contributed by atoms with Gasteiger partial charge in [0, 0.05) is 46.8 Å². The fourth-order valence-electron chi connectivity index (χ4n) is 4.81. The third-order valence-electron chi connectivity index (χ3n) is 7.21. The second kappa shape index (κ2) is 14.7. The zero-order chi connectivity index (χ0) is 34.2. The fourth-order valence-corrected chi connectivity index (χ4v) is 4.81. The molecular weight excluding hydrogens is 612 g/mol. The number of rotatable bonds is 10. The van der Waals surface area contributed by atoms with Crippen LogP contribution in [0.3, 0.4) is 0 Å². The predicted molar refractivity (Wildman–Crippen MR) is 179 cm³/mol. The van der Waals surface area contributed by atoms with E-state index in [1.807, 2.05) is 47.8 Å². The molecule has 48 heavy (non-hydrogen) atoms. The number of aromatic nitrogens is 2. The van der Waals surface area contributed by atoms with E-state index in [4.69, 9.17) is 9.47 Å². The van der Waals surface area contributed by atoms with E-state index in [-0.39, 0.29) is 23.3 Å². The lowest BCUT2D eigenvalue weighted by atomic mass is 10.1. The van der Waals surface area contributed by atoms with Crippen LogP contribution in [0.4, 0.5) is 22.7 Å². The molecule has 4 amide bonds. The molecule has 0 aliphatic carbocycles. The zero-order valence-corrected chi connectivity index (χ0v) is 26.7. The van der Waals surface area contributed by atoms with Gasteiger partial charge in [0.05, 0.1) is 25.3 Å². The Bertz CT molecular complexity index is 1870. The topological polar surface area (TPSA) is 143 Å². The third kappa shape index (κ3) is 7.98. The Morgan fingerprint density at radius 2 is 0.875 bits per heavy atom. The number of aryl methyl sites for hydroxylation is 2. The van der Waals surface area contributed by atoms with Crippen LogP contribution in [0.2, 0.25) is 0 Å². The average Bonchev–Trinajstić information content (AvgIpc) is 3.08. The van der Waals surface area contributed by atoms with Crippen molar-refractivity contribution in [2.24, 2.45) is 14.1 Å². The number of nitrogens with zero attached hydrogens (tertiary/aromatic N) is 2. The van der Waals surface area contributed by atoms with E-state index < -0.39 is 11.8 Å². The molecule has 0 aliphatic rings. The lowest BCUT2D eigenvalue weighted by Crippen LogP contribution is -2.27. The molecule has 0 saturated heterocycles. The van der Waals surface area contributed by atoms with Crippen LogP contribution in [0.1, 0.15) is 41.4 Å². The Labute approximate surface area is 277 Å². The summed E-state index contributed by atoms with van der Waals surface area (Å²) in [6.45, 7) is 0. The molecule has 5 aromatic rings. The maximum absolute atomic E-state index is 13.0. The molecule has 0 unspecified atom stereocenters. The number of amides is 4. The largest absolute Gasteiger partial charge is 0.496 e. The number of nitrogens with one attached hydrogen (secondary N) is 4. The molecule has 12 heteroatoms. The molecule has 0 fully saturated rings. The highest BCUT2D eigenvalue weighted by atomic mass is 16.5. The third-order valence-corrected chi connectivity index (χ3v) is 7.21. The van der Waals surface area contributed by atoms with Crippen LogP contribution in [-0.4, -0.2) is 37.8 Å². The highest BCUT2D eigenvalue weighted by molar-refractivity contribution is 6.10. The van der Waals surface area contributed by atoms with Gasteiger partial charge in [-0.25, -0.2) is 9.13 Å². The number of carbonyl (C=O) groups is 4. The number of anilines is 4. The monoisotopic (exact) mass is 646 g/mol. The van der Waals surface area contributed by atoms with Crippen LogP contribution in [0.5, 0.6) is 11.5 Å². The second-order valence-corrected chi connectivity index (χ2v) is 10.7. The van der Waals surface area contributed by atoms with E-state index >= 15 is 0 Å². The SMILES string of the molecule is COc1cc(NC(=O)c2ccc(C(=O)Nc3ccc(C(=O)Nc4ccc[n+](C)c4)c(OC)c3)cc2)ccc1C(=O)Nc1ccc[n+](C)c1. The molecule has 0 radical (unpaired) electrons. The van der Waals surface area contributed by atoms with Crippen LogP contribution in [-0.2, 0) is 14.1 Å². The number of carbonyl (C=O) groups excluding carboxylic acids is 4. The van der Waals surface area contributed by atoms with Crippen molar-refractivity contribution in [3.05, 3.63) is 132 Å². The summed E-state index contributed by atoms with van der Waals surface area (Å²) in [5.41, 5.74) is 3.31. The Kier molecular flexibility index (Phi) is 10.0. The summed E-state index contributed by atoms with van der Waals surface area (Å²) in [4.78, 5) is 51.7. The molecule has 4 N–H and O–H groups in total. The minimum atomic E-state index is -0.416.